The van der Waals surface area contributed by atoms with Gasteiger partial charge in [-0.3, -0.25) is 4.79 Å². The van der Waals surface area contributed by atoms with Crippen LogP contribution in [-0.2, 0) is 4.79 Å². The van der Waals surface area contributed by atoms with Gasteiger partial charge in [0.2, 0.25) is 6.79 Å². The SMILES string of the molecule is COc1ccccc1[C@@H]1CC(=O)C2=C(C1)Nc1ccccc1N[C@H]2c1ccc2c(c1)OCO2. The maximum atomic E-state index is 13.7. The molecule has 3 aromatic carbocycles. The van der Waals surface area contributed by atoms with Crippen LogP contribution in [0.25, 0.3) is 0 Å². The normalized spacial score (nSPS) is 20.8. The lowest BCUT2D eigenvalue weighted by Gasteiger charge is -2.30. The van der Waals surface area contributed by atoms with Crippen LogP contribution in [-0.4, -0.2) is 19.7 Å². The smallest absolute Gasteiger partial charge is 0.231 e. The van der Waals surface area contributed by atoms with Crippen LogP contribution >= 0.6 is 0 Å². The Morgan fingerprint density at radius 3 is 2.58 bits per heavy atom. The fourth-order valence-electron chi connectivity index (χ4n) is 5.06. The zero-order valence-electron chi connectivity index (χ0n) is 18.3. The monoisotopic (exact) mass is 440 g/mol. The molecule has 0 bridgehead atoms. The van der Waals surface area contributed by atoms with Crippen LogP contribution < -0.4 is 24.8 Å². The molecule has 0 unspecified atom stereocenters. The molecular weight excluding hydrogens is 416 g/mol. The van der Waals surface area contributed by atoms with Crippen LogP contribution in [0.3, 0.4) is 0 Å². The molecule has 33 heavy (non-hydrogen) atoms. The molecule has 3 aliphatic rings. The van der Waals surface area contributed by atoms with E-state index >= 15 is 0 Å². The van der Waals surface area contributed by atoms with E-state index in [1.54, 1.807) is 7.11 Å². The Morgan fingerprint density at radius 2 is 1.70 bits per heavy atom. The van der Waals surface area contributed by atoms with Crippen molar-refractivity contribution in [3.63, 3.8) is 0 Å². The van der Waals surface area contributed by atoms with Crippen LogP contribution in [0.4, 0.5) is 11.4 Å². The van der Waals surface area contributed by atoms with Crippen molar-refractivity contribution in [3.8, 4) is 17.2 Å². The molecule has 0 saturated carbocycles. The summed E-state index contributed by atoms with van der Waals surface area (Å²) in [7, 11) is 1.67. The first-order valence-electron chi connectivity index (χ1n) is 11.1. The Hall–Kier alpha value is -3.93. The molecule has 166 valence electrons. The summed E-state index contributed by atoms with van der Waals surface area (Å²) in [6.45, 7) is 0.217. The summed E-state index contributed by atoms with van der Waals surface area (Å²) in [5.74, 6) is 2.42. The van der Waals surface area contributed by atoms with E-state index in [0.717, 1.165) is 51.7 Å². The third kappa shape index (κ3) is 3.39. The maximum Gasteiger partial charge on any atom is 0.231 e. The van der Waals surface area contributed by atoms with Crippen molar-refractivity contribution in [2.45, 2.75) is 24.8 Å². The molecule has 3 aromatic rings. The molecule has 2 N–H and O–H groups in total. The highest BCUT2D eigenvalue weighted by Crippen LogP contribution is 2.46. The lowest BCUT2D eigenvalue weighted by Crippen LogP contribution is -2.27. The average Bonchev–Trinajstić information content (AvgIpc) is 3.24. The molecule has 0 spiro atoms. The van der Waals surface area contributed by atoms with Crippen molar-refractivity contribution in [1.82, 2.24) is 0 Å². The summed E-state index contributed by atoms with van der Waals surface area (Å²) >= 11 is 0. The molecule has 6 heteroatoms. The summed E-state index contributed by atoms with van der Waals surface area (Å²) in [6, 6.07) is 21.6. The Labute approximate surface area is 192 Å². The van der Waals surface area contributed by atoms with Crippen LogP contribution in [0.2, 0.25) is 0 Å². The summed E-state index contributed by atoms with van der Waals surface area (Å²) < 4.78 is 16.7. The van der Waals surface area contributed by atoms with E-state index in [0.29, 0.717) is 12.2 Å². The highest BCUT2D eigenvalue weighted by molar-refractivity contribution is 6.01. The molecule has 0 radical (unpaired) electrons. The van der Waals surface area contributed by atoms with Gasteiger partial charge in [0.1, 0.15) is 5.75 Å². The number of ketones is 1. The standard InChI is InChI=1S/C27H24N2O4/c1-31-23-9-5-2-6-18(23)17-12-21-26(22(30)13-17)27(29-20-8-4-3-7-19(20)28-21)16-10-11-24-25(14-16)33-15-32-24/h2-11,14,17,27-29H,12-13,15H2,1H3/t17-,27-/m0/s1. The van der Waals surface area contributed by atoms with Gasteiger partial charge in [-0.25, -0.2) is 0 Å². The first-order chi connectivity index (χ1) is 16.2. The number of para-hydroxylation sites is 3. The third-order valence-corrected chi connectivity index (χ3v) is 6.62. The fraction of sp³-hybridized carbons (Fsp3) is 0.222. The van der Waals surface area contributed by atoms with Crippen molar-refractivity contribution in [1.29, 1.82) is 0 Å². The van der Waals surface area contributed by atoms with Gasteiger partial charge in [0.15, 0.2) is 17.3 Å². The lowest BCUT2D eigenvalue weighted by molar-refractivity contribution is -0.116. The second-order valence-electron chi connectivity index (χ2n) is 8.52. The number of rotatable bonds is 3. The molecule has 2 atom stereocenters. The Balaban J connectivity index is 1.46. The minimum atomic E-state index is -0.295. The number of hydrogen-bond donors (Lipinski definition) is 2. The minimum absolute atomic E-state index is 0.0440. The predicted octanol–water partition coefficient (Wildman–Crippen LogP) is 5.40. The number of allylic oxidation sites excluding steroid dienone is 1. The number of hydrogen-bond acceptors (Lipinski definition) is 6. The van der Waals surface area contributed by atoms with Gasteiger partial charge < -0.3 is 24.8 Å². The molecule has 6 nitrogen and oxygen atoms in total. The van der Waals surface area contributed by atoms with Gasteiger partial charge in [0.05, 0.1) is 24.5 Å². The molecule has 1 aliphatic carbocycles. The van der Waals surface area contributed by atoms with E-state index in [2.05, 4.69) is 16.7 Å². The minimum Gasteiger partial charge on any atom is -0.496 e. The first-order valence-corrected chi connectivity index (χ1v) is 11.1. The quantitative estimate of drug-likeness (QED) is 0.568. The average molecular weight is 440 g/mol. The molecule has 6 rings (SSSR count). The number of carbonyl (C=O) groups is 1. The molecule has 0 aromatic heterocycles. The lowest BCUT2D eigenvalue weighted by atomic mass is 9.78. The van der Waals surface area contributed by atoms with Crippen molar-refractivity contribution in [3.05, 3.63) is 89.1 Å². The molecular formula is C27H24N2O4. The first kappa shape index (κ1) is 19.7. The summed E-state index contributed by atoms with van der Waals surface area (Å²) in [4.78, 5) is 13.7. The Bertz CT molecular complexity index is 1280. The van der Waals surface area contributed by atoms with Gasteiger partial charge in [0.25, 0.3) is 0 Å². The number of anilines is 2. The van der Waals surface area contributed by atoms with Gasteiger partial charge in [-0.15, -0.1) is 0 Å². The zero-order chi connectivity index (χ0) is 22.4. The van der Waals surface area contributed by atoms with Crippen molar-refractivity contribution < 1.29 is 19.0 Å². The number of ether oxygens (including phenoxy) is 3. The maximum absolute atomic E-state index is 13.7. The summed E-state index contributed by atoms with van der Waals surface area (Å²) in [6.07, 6.45) is 1.15. The predicted molar refractivity (Wildman–Crippen MR) is 126 cm³/mol. The number of nitrogens with one attached hydrogen (secondary N) is 2. The van der Waals surface area contributed by atoms with Crippen molar-refractivity contribution >= 4 is 17.2 Å². The van der Waals surface area contributed by atoms with Gasteiger partial charge in [-0.2, -0.15) is 0 Å². The largest absolute Gasteiger partial charge is 0.496 e. The fourth-order valence-corrected chi connectivity index (χ4v) is 5.06. The van der Waals surface area contributed by atoms with E-state index in [-0.39, 0.29) is 24.5 Å². The topological polar surface area (TPSA) is 68.8 Å². The van der Waals surface area contributed by atoms with E-state index in [9.17, 15) is 4.79 Å². The summed E-state index contributed by atoms with van der Waals surface area (Å²) in [5.41, 5.74) is 5.66. The van der Waals surface area contributed by atoms with Crippen molar-refractivity contribution in [2.24, 2.45) is 0 Å². The zero-order valence-corrected chi connectivity index (χ0v) is 18.3. The van der Waals surface area contributed by atoms with E-state index in [4.69, 9.17) is 14.2 Å². The van der Waals surface area contributed by atoms with Gasteiger partial charge in [0, 0.05) is 23.6 Å². The van der Waals surface area contributed by atoms with Crippen LogP contribution in [0.1, 0.15) is 35.9 Å². The van der Waals surface area contributed by atoms with E-state index in [1.807, 2.05) is 60.7 Å². The van der Waals surface area contributed by atoms with Gasteiger partial charge >= 0.3 is 0 Å². The van der Waals surface area contributed by atoms with Crippen LogP contribution in [0.15, 0.2) is 78.0 Å². The van der Waals surface area contributed by atoms with Gasteiger partial charge in [-0.1, -0.05) is 36.4 Å². The molecule has 0 fully saturated rings. The summed E-state index contributed by atoms with van der Waals surface area (Å²) in [5, 5.41) is 7.19. The second-order valence-corrected chi connectivity index (χ2v) is 8.52. The molecule has 0 saturated heterocycles. The molecule has 2 heterocycles. The molecule has 2 aliphatic heterocycles. The highest BCUT2D eigenvalue weighted by Gasteiger charge is 2.37. The Kier molecular flexibility index (Phi) is 4.72. The highest BCUT2D eigenvalue weighted by atomic mass is 16.7. The molecule has 0 amide bonds. The number of benzene rings is 3. The second kappa shape index (κ2) is 7.89. The third-order valence-electron chi connectivity index (χ3n) is 6.62. The van der Waals surface area contributed by atoms with Crippen LogP contribution in [0, 0.1) is 0 Å². The number of Topliss-reactive ketones (excluding diaryl/α,β-unsaturated/α-hetero) is 1. The van der Waals surface area contributed by atoms with E-state index < -0.39 is 0 Å². The number of fused-ring (bicyclic) bond motifs is 2. The van der Waals surface area contributed by atoms with E-state index in [1.165, 1.54) is 0 Å². The van der Waals surface area contributed by atoms with Crippen molar-refractivity contribution in [2.75, 3.05) is 24.5 Å². The van der Waals surface area contributed by atoms with Gasteiger partial charge in [-0.05, 0) is 47.9 Å². The van der Waals surface area contributed by atoms with Crippen LogP contribution in [0.5, 0.6) is 17.2 Å². The number of carbonyl (C=O) groups excluding carboxylic acids is 1. The Morgan fingerprint density at radius 1 is 0.909 bits per heavy atom. The number of methoxy groups -OCH3 is 1.